The van der Waals surface area contributed by atoms with E-state index >= 15 is 0 Å². The van der Waals surface area contributed by atoms with Crippen molar-refractivity contribution in [3.63, 3.8) is 0 Å². The maximum atomic E-state index is 14.0. The van der Waals surface area contributed by atoms with Crippen molar-refractivity contribution in [2.75, 3.05) is 13.2 Å². The van der Waals surface area contributed by atoms with E-state index in [2.05, 4.69) is 10.4 Å². The predicted molar refractivity (Wildman–Crippen MR) is 74.8 cm³/mol. The number of fused-ring (bicyclic) bond motifs is 1. The summed E-state index contributed by atoms with van der Waals surface area (Å²) in [7, 11) is 0. The Balaban J connectivity index is 2.13. The number of esters is 1. The third-order valence-corrected chi connectivity index (χ3v) is 3.54. The van der Waals surface area contributed by atoms with Gasteiger partial charge in [0.1, 0.15) is 11.5 Å². The number of rotatable bonds is 3. The van der Waals surface area contributed by atoms with Gasteiger partial charge in [-0.15, -0.1) is 0 Å². The molecule has 2 heterocycles. The molecule has 0 atom stereocenters. The normalized spacial score (nSPS) is 13.8. The predicted octanol–water partition coefficient (Wildman–Crippen LogP) is 1.97. The van der Waals surface area contributed by atoms with Crippen molar-refractivity contribution in [3.8, 4) is 5.69 Å². The smallest absolute Gasteiger partial charge is 0.359 e. The van der Waals surface area contributed by atoms with Crippen molar-refractivity contribution < 1.29 is 18.3 Å². The lowest BCUT2D eigenvalue weighted by Gasteiger charge is -2.15. The van der Waals surface area contributed by atoms with Gasteiger partial charge < -0.3 is 10.1 Å². The molecule has 7 heteroatoms. The van der Waals surface area contributed by atoms with E-state index in [1.54, 1.807) is 6.92 Å². The van der Waals surface area contributed by atoms with E-state index in [4.69, 9.17) is 4.74 Å². The van der Waals surface area contributed by atoms with E-state index in [0.717, 1.165) is 17.8 Å². The van der Waals surface area contributed by atoms with Crippen LogP contribution in [0, 0.1) is 11.6 Å². The Morgan fingerprint density at radius 3 is 3.00 bits per heavy atom. The minimum Gasteiger partial charge on any atom is -0.461 e. The number of halogens is 2. The van der Waals surface area contributed by atoms with E-state index in [1.807, 2.05) is 0 Å². The number of carbonyl (C=O) groups excluding carboxylic acids is 1. The van der Waals surface area contributed by atoms with Crippen molar-refractivity contribution in [2.24, 2.45) is 0 Å². The molecule has 22 heavy (non-hydrogen) atoms. The van der Waals surface area contributed by atoms with Crippen LogP contribution in [0.3, 0.4) is 0 Å². The van der Waals surface area contributed by atoms with Crippen LogP contribution in [0.1, 0.15) is 28.7 Å². The third-order valence-electron chi connectivity index (χ3n) is 3.54. The Hall–Kier alpha value is -2.28. The van der Waals surface area contributed by atoms with Gasteiger partial charge in [0.25, 0.3) is 0 Å². The molecule has 5 nitrogen and oxygen atoms in total. The molecule has 0 spiro atoms. The first kappa shape index (κ1) is 14.6. The number of benzene rings is 1. The first-order valence-corrected chi connectivity index (χ1v) is 7.06. The van der Waals surface area contributed by atoms with Crippen molar-refractivity contribution in [3.05, 3.63) is 46.8 Å². The molecule has 0 bridgehead atoms. The van der Waals surface area contributed by atoms with E-state index in [9.17, 15) is 13.6 Å². The molecule has 1 N–H and O–H groups in total. The Morgan fingerprint density at radius 1 is 1.45 bits per heavy atom. The highest BCUT2D eigenvalue weighted by atomic mass is 19.1. The molecule has 1 aliphatic rings. The molecule has 0 aliphatic carbocycles. The number of ether oxygens (including phenoxy) is 1. The van der Waals surface area contributed by atoms with Gasteiger partial charge in [0.2, 0.25) is 0 Å². The van der Waals surface area contributed by atoms with Gasteiger partial charge in [-0.3, -0.25) is 0 Å². The van der Waals surface area contributed by atoms with Crippen LogP contribution in [0.15, 0.2) is 18.2 Å². The van der Waals surface area contributed by atoms with Gasteiger partial charge >= 0.3 is 5.97 Å². The zero-order valence-electron chi connectivity index (χ0n) is 12.0. The van der Waals surface area contributed by atoms with Crippen molar-refractivity contribution in [1.82, 2.24) is 15.1 Å². The number of aromatic nitrogens is 2. The highest BCUT2D eigenvalue weighted by molar-refractivity contribution is 5.89. The van der Waals surface area contributed by atoms with Crippen molar-refractivity contribution in [1.29, 1.82) is 0 Å². The van der Waals surface area contributed by atoms with Gasteiger partial charge in [0, 0.05) is 31.1 Å². The molecule has 3 rings (SSSR count). The summed E-state index contributed by atoms with van der Waals surface area (Å²) in [6, 6.07) is 3.28. The molecule has 1 aromatic heterocycles. The molecular formula is C15H15F2N3O2. The van der Waals surface area contributed by atoms with Crippen LogP contribution in [0.2, 0.25) is 0 Å². The number of hydrogen-bond donors (Lipinski definition) is 1. The second kappa shape index (κ2) is 5.84. The summed E-state index contributed by atoms with van der Waals surface area (Å²) in [6.45, 7) is 3.11. The lowest BCUT2D eigenvalue weighted by molar-refractivity contribution is 0.0517. The molecule has 0 saturated heterocycles. The summed E-state index contributed by atoms with van der Waals surface area (Å²) in [5.74, 6) is -1.92. The van der Waals surface area contributed by atoms with E-state index in [-0.39, 0.29) is 18.0 Å². The number of nitrogens with one attached hydrogen (secondary N) is 1. The quantitative estimate of drug-likeness (QED) is 0.881. The first-order chi connectivity index (χ1) is 10.6. The van der Waals surface area contributed by atoms with Crippen molar-refractivity contribution in [2.45, 2.75) is 19.9 Å². The zero-order valence-corrected chi connectivity index (χ0v) is 12.0. The molecule has 116 valence electrons. The van der Waals surface area contributed by atoms with E-state index in [0.29, 0.717) is 25.1 Å². The number of hydrogen-bond acceptors (Lipinski definition) is 4. The Kier molecular flexibility index (Phi) is 3.89. The van der Waals surface area contributed by atoms with Gasteiger partial charge in [0.05, 0.1) is 12.3 Å². The monoisotopic (exact) mass is 307 g/mol. The van der Waals surface area contributed by atoms with Crippen LogP contribution in [-0.4, -0.2) is 28.9 Å². The molecule has 0 fully saturated rings. The summed E-state index contributed by atoms with van der Waals surface area (Å²) in [5.41, 5.74) is 1.74. The highest BCUT2D eigenvalue weighted by Crippen LogP contribution is 2.24. The average Bonchev–Trinajstić information content (AvgIpc) is 2.87. The van der Waals surface area contributed by atoms with Gasteiger partial charge in [-0.1, -0.05) is 0 Å². The molecule has 1 aliphatic heterocycles. The highest BCUT2D eigenvalue weighted by Gasteiger charge is 2.27. The Morgan fingerprint density at radius 2 is 2.27 bits per heavy atom. The van der Waals surface area contributed by atoms with Crippen LogP contribution in [0.25, 0.3) is 5.69 Å². The van der Waals surface area contributed by atoms with Crippen LogP contribution in [-0.2, 0) is 17.7 Å². The molecule has 0 saturated carbocycles. The van der Waals surface area contributed by atoms with Crippen LogP contribution < -0.4 is 5.32 Å². The van der Waals surface area contributed by atoms with Gasteiger partial charge in [-0.05, 0) is 19.1 Å². The maximum absolute atomic E-state index is 14.0. The van der Waals surface area contributed by atoms with Crippen LogP contribution in [0.4, 0.5) is 8.78 Å². The summed E-state index contributed by atoms with van der Waals surface area (Å²) in [4.78, 5) is 12.0. The summed E-state index contributed by atoms with van der Waals surface area (Å²) in [5, 5.41) is 7.36. The van der Waals surface area contributed by atoms with E-state index < -0.39 is 17.6 Å². The Labute approximate surface area is 125 Å². The fraction of sp³-hybridized carbons (Fsp3) is 0.333. The van der Waals surface area contributed by atoms with Crippen molar-refractivity contribution >= 4 is 5.97 Å². The molecule has 0 unspecified atom stereocenters. The molecule has 2 aromatic rings. The molecular weight excluding hydrogens is 292 g/mol. The second-order valence-corrected chi connectivity index (χ2v) is 4.93. The maximum Gasteiger partial charge on any atom is 0.359 e. The first-order valence-electron chi connectivity index (χ1n) is 7.06. The standard InChI is InChI=1S/C15H15F2N3O2/c1-2-22-15(21)14-10-8-18-6-5-12(10)20(19-14)13-4-3-9(16)7-11(13)17/h3-4,7,18H,2,5-6,8H2,1H3. The lowest BCUT2D eigenvalue weighted by Crippen LogP contribution is -2.25. The van der Waals surface area contributed by atoms with Crippen LogP contribution in [0.5, 0.6) is 0 Å². The summed E-state index contributed by atoms with van der Waals surface area (Å²) < 4.78 is 33.5. The molecule has 1 aromatic carbocycles. The zero-order chi connectivity index (χ0) is 15.7. The molecule has 0 amide bonds. The van der Waals surface area contributed by atoms with Gasteiger partial charge in [0.15, 0.2) is 11.5 Å². The van der Waals surface area contributed by atoms with E-state index in [1.165, 1.54) is 10.7 Å². The fourth-order valence-corrected chi connectivity index (χ4v) is 2.56. The minimum absolute atomic E-state index is 0.120. The summed E-state index contributed by atoms with van der Waals surface area (Å²) >= 11 is 0. The second-order valence-electron chi connectivity index (χ2n) is 4.93. The van der Waals surface area contributed by atoms with Crippen LogP contribution >= 0.6 is 0 Å². The number of nitrogens with zero attached hydrogens (tertiary/aromatic N) is 2. The largest absolute Gasteiger partial charge is 0.461 e. The van der Waals surface area contributed by atoms with Gasteiger partial charge in [-0.25, -0.2) is 18.3 Å². The van der Waals surface area contributed by atoms with Gasteiger partial charge in [-0.2, -0.15) is 5.10 Å². The number of carbonyl (C=O) groups is 1. The fourth-order valence-electron chi connectivity index (χ4n) is 2.56. The topological polar surface area (TPSA) is 56.1 Å². The average molecular weight is 307 g/mol. The lowest BCUT2D eigenvalue weighted by atomic mass is 10.1. The Bertz CT molecular complexity index is 728. The molecule has 0 radical (unpaired) electrons. The SMILES string of the molecule is CCOC(=O)c1nn(-c2ccc(F)cc2F)c2c1CNCC2. The summed E-state index contributed by atoms with van der Waals surface area (Å²) in [6.07, 6.45) is 0.596. The third kappa shape index (κ3) is 2.48. The minimum atomic E-state index is -0.723.